The average molecular weight is 398 g/mol. The van der Waals surface area contributed by atoms with Crippen LogP contribution in [0.3, 0.4) is 0 Å². The molecule has 0 atom stereocenters. The van der Waals surface area contributed by atoms with Crippen molar-refractivity contribution in [2.45, 2.75) is 26.2 Å². The average Bonchev–Trinajstić information content (AvgIpc) is 3.38. The zero-order valence-electron chi connectivity index (χ0n) is 15.7. The van der Waals surface area contributed by atoms with Gasteiger partial charge in [-0.2, -0.15) is 0 Å². The van der Waals surface area contributed by atoms with Gasteiger partial charge in [0.15, 0.2) is 5.76 Å². The third kappa shape index (κ3) is 5.79. The molecule has 6 nitrogen and oxygen atoms in total. The lowest BCUT2D eigenvalue weighted by molar-refractivity contribution is -0.121. The standard InChI is InChI=1S/C21H23N3O3S/c1-15-24-18(14-28-15)17-8-6-16(7-9-17)10-12-22-20(25)5-2-11-23-21(26)19-4-3-13-27-19/h3-4,6-9,13-14H,2,5,10-12H2,1H3,(H,22,25)(H,23,26). The van der Waals surface area contributed by atoms with Crippen LogP contribution >= 0.6 is 11.3 Å². The summed E-state index contributed by atoms with van der Waals surface area (Å²) in [5, 5.41) is 8.76. The summed E-state index contributed by atoms with van der Waals surface area (Å²) in [5.41, 5.74) is 3.27. The molecule has 0 fully saturated rings. The third-order valence-corrected chi connectivity index (χ3v) is 4.99. The molecule has 28 heavy (non-hydrogen) atoms. The fourth-order valence-corrected chi connectivity index (χ4v) is 3.34. The maximum Gasteiger partial charge on any atom is 0.286 e. The molecule has 0 radical (unpaired) electrons. The van der Waals surface area contributed by atoms with Crippen molar-refractivity contribution in [2.75, 3.05) is 13.1 Å². The molecule has 0 aliphatic rings. The smallest absolute Gasteiger partial charge is 0.286 e. The molecule has 0 spiro atoms. The van der Waals surface area contributed by atoms with E-state index >= 15 is 0 Å². The van der Waals surface area contributed by atoms with Crippen LogP contribution in [0.1, 0.15) is 34.0 Å². The monoisotopic (exact) mass is 397 g/mol. The Morgan fingerprint density at radius 1 is 1.11 bits per heavy atom. The van der Waals surface area contributed by atoms with Gasteiger partial charge in [-0.3, -0.25) is 9.59 Å². The van der Waals surface area contributed by atoms with Crippen LogP contribution in [-0.4, -0.2) is 29.9 Å². The summed E-state index contributed by atoms with van der Waals surface area (Å²) < 4.78 is 5.01. The molecule has 1 aromatic carbocycles. The quantitative estimate of drug-likeness (QED) is 0.541. The van der Waals surface area contributed by atoms with Crippen molar-refractivity contribution in [3.8, 4) is 11.3 Å². The van der Waals surface area contributed by atoms with Crippen molar-refractivity contribution in [1.82, 2.24) is 15.6 Å². The van der Waals surface area contributed by atoms with Gasteiger partial charge in [-0.05, 0) is 37.5 Å². The topological polar surface area (TPSA) is 84.2 Å². The van der Waals surface area contributed by atoms with Crippen LogP contribution in [-0.2, 0) is 11.2 Å². The summed E-state index contributed by atoms with van der Waals surface area (Å²) in [6.45, 7) is 3.02. The van der Waals surface area contributed by atoms with Gasteiger partial charge in [-0.1, -0.05) is 24.3 Å². The molecular weight excluding hydrogens is 374 g/mol. The number of carbonyl (C=O) groups excluding carboxylic acids is 2. The van der Waals surface area contributed by atoms with Crippen LogP contribution in [0.4, 0.5) is 0 Å². The number of benzene rings is 1. The minimum absolute atomic E-state index is 0.0122. The van der Waals surface area contributed by atoms with E-state index in [9.17, 15) is 9.59 Å². The lowest BCUT2D eigenvalue weighted by atomic mass is 10.1. The maximum absolute atomic E-state index is 11.9. The molecular formula is C21H23N3O3S. The van der Waals surface area contributed by atoms with Crippen molar-refractivity contribution < 1.29 is 14.0 Å². The summed E-state index contributed by atoms with van der Waals surface area (Å²) in [5.74, 6) is 0.00358. The molecule has 0 unspecified atom stereocenters. The molecule has 7 heteroatoms. The van der Waals surface area contributed by atoms with E-state index in [1.807, 2.05) is 6.92 Å². The Hall–Kier alpha value is -2.93. The number of carbonyl (C=O) groups is 2. The minimum Gasteiger partial charge on any atom is -0.459 e. The van der Waals surface area contributed by atoms with E-state index in [2.05, 4.69) is 45.3 Å². The van der Waals surface area contributed by atoms with E-state index < -0.39 is 0 Å². The lowest BCUT2D eigenvalue weighted by Crippen LogP contribution is -2.28. The molecule has 2 N–H and O–H groups in total. The highest BCUT2D eigenvalue weighted by Crippen LogP contribution is 2.21. The van der Waals surface area contributed by atoms with Gasteiger partial charge in [-0.25, -0.2) is 4.98 Å². The van der Waals surface area contributed by atoms with E-state index in [1.54, 1.807) is 23.5 Å². The van der Waals surface area contributed by atoms with Gasteiger partial charge < -0.3 is 15.1 Å². The summed E-state index contributed by atoms with van der Waals surface area (Å²) in [6, 6.07) is 11.5. The number of hydrogen-bond donors (Lipinski definition) is 2. The molecule has 3 rings (SSSR count). The Labute approximate surface area is 168 Å². The summed E-state index contributed by atoms with van der Waals surface area (Å²) in [7, 11) is 0. The second-order valence-corrected chi connectivity index (χ2v) is 7.45. The number of amides is 2. The van der Waals surface area contributed by atoms with Crippen LogP contribution < -0.4 is 10.6 Å². The second kappa shape index (κ2) is 9.85. The number of hydrogen-bond acceptors (Lipinski definition) is 5. The number of nitrogens with zero attached hydrogens (tertiary/aromatic N) is 1. The molecule has 2 aromatic heterocycles. The SMILES string of the molecule is Cc1nc(-c2ccc(CCNC(=O)CCCNC(=O)c3ccco3)cc2)cs1. The van der Waals surface area contributed by atoms with Gasteiger partial charge in [0.1, 0.15) is 0 Å². The first kappa shape index (κ1) is 19.8. The predicted molar refractivity (Wildman–Crippen MR) is 109 cm³/mol. The third-order valence-electron chi connectivity index (χ3n) is 4.22. The molecule has 0 saturated heterocycles. The maximum atomic E-state index is 11.9. The first-order chi connectivity index (χ1) is 13.6. The lowest BCUT2D eigenvalue weighted by Gasteiger charge is -2.07. The number of thiazole rings is 1. The summed E-state index contributed by atoms with van der Waals surface area (Å²) in [4.78, 5) is 28.1. The van der Waals surface area contributed by atoms with E-state index in [0.717, 1.165) is 22.7 Å². The van der Waals surface area contributed by atoms with Crippen molar-refractivity contribution in [3.05, 3.63) is 64.4 Å². The van der Waals surface area contributed by atoms with Gasteiger partial charge in [0.25, 0.3) is 5.91 Å². The largest absolute Gasteiger partial charge is 0.459 e. The van der Waals surface area contributed by atoms with Crippen molar-refractivity contribution in [3.63, 3.8) is 0 Å². The Balaban J connectivity index is 1.31. The summed E-state index contributed by atoms with van der Waals surface area (Å²) in [6.07, 6.45) is 3.19. The van der Waals surface area contributed by atoms with Gasteiger partial charge in [0.05, 0.1) is 17.0 Å². The first-order valence-corrected chi connectivity index (χ1v) is 10.1. The first-order valence-electron chi connectivity index (χ1n) is 9.21. The number of aromatic nitrogens is 1. The highest BCUT2D eigenvalue weighted by molar-refractivity contribution is 7.09. The van der Waals surface area contributed by atoms with Gasteiger partial charge in [0.2, 0.25) is 5.91 Å². The minimum atomic E-state index is -0.262. The molecule has 0 saturated carbocycles. The van der Waals surface area contributed by atoms with E-state index in [1.165, 1.54) is 11.8 Å². The van der Waals surface area contributed by atoms with Gasteiger partial charge in [0, 0.05) is 30.5 Å². The Kier molecular flexibility index (Phi) is 6.97. The van der Waals surface area contributed by atoms with E-state index in [4.69, 9.17) is 4.42 Å². The predicted octanol–water partition coefficient (Wildman–Crippen LogP) is 3.58. The van der Waals surface area contributed by atoms with Crippen molar-refractivity contribution in [2.24, 2.45) is 0 Å². The molecule has 0 aliphatic heterocycles. The van der Waals surface area contributed by atoms with Crippen LogP contribution in [0.25, 0.3) is 11.3 Å². The Bertz CT molecular complexity index is 901. The van der Waals surface area contributed by atoms with Gasteiger partial charge in [-0.15, -0.1) is 11.3 Å². The van der Waals surface area contributed by atoms with Crippen molar-refractivity contribution >= 4 is 23.2 Å². The van der Waals surface area contributed by atoms with Gasteiger partial charge >= 0.3 is 0 Å². The van der Waals surface area contributed by atoms with E-state index in [-0.39, 0.29) is 17.6 Å². The van der Waals surface area contributed by atoms with Crippen LogP contribution in [0, 0.1) is 6.92 Å². The molecule has 3 aromatic rings. The fourth-order valence-electron chi connectivity index (χ4n) is 2.72. The number of rotatable bonds is 9. The van der Waals surface area contributed by atoms with Crippen LogP contribution in [0.2, 0.25) is 0 Å². The molecule has 146 valence electrons. The normalized spacial score (nSPS) is 10.6. The molecule has 2 heterocycles. The number of furan rings is 1. The van der Waals surface area contributed by atoms with E-state index in [0.29, 0.717) is 25.9 Å². The Morgan fingerprint density at radius 3 is 2.61 bits per heavy atom. The summed E-state index contributed by atoms with van der Waals surface area (Å²) >= 11 is 1.64. The Morgan fingerprint density at radius 2 is 1.93 bits per heavy atom. The van der Waals surface area contributed by atoms with Crippen molar-refractivity contribution in [1.29, 1.82) is 0 Å². The fraction of sp³-hybridized carbons (Fsp3) is 0.286. The highest BCUT2D eigenvalue weighted by atomic mass is 32.1. The molecule has 0 aliphatic carbocycles. The number of nitrogens with one attached hydrogen (secondary N) is 2. The zero-order valence-corrected chi connectivity index (χ0v) is 16.6. The number of aryl methyl sites for hydroxylation is 1. The van der Waals surface area contributed by atoms with Crippen LogP contribution in [0.15, 0.2) is 52.5 Å². The highest BCUT2D eigenvalue weighted by Gasteiger charge is 2.08. The second-order valence-electron chi connectivity index (χ2n) is 6.39. The molecule has 0 bridgehead atoms. The van der Waals surface area contributed by atoms with Crippen LogP contribution in [0.5, 0.6) is 0 Å². The molecule has 2 amide bonds. The zero-order chi connectivity index (χ0) is 19.8.